The topological polar surface area (TPSA) is 61.8 Å². The van der Waals surface area contributed by atoms with Gasteiger partial charge in [-0.3, -0.25) is 9.59 Å². The standard InChI is InChI=1S/C22H22O3.C13H14O2/c1-15-5-6-16(13-21(15)24-4)7-9-19(23)17-8-10-20-18(14-17)11-12-22(2,3)25-20;1-9(14)10-4-5-12-11(8-10)6-7-13(2,3)15-12/h5-14H,1-4H3;4-8H,1-3H3/b9-7+;. The average molecular weight is 537 g/mol. The Balaban J connectivity index is 0.000000210. The maximum Gasteiger partial charge on any atom is 0.185 e. The molecular weight excluding hydrogens is 500 g/mol. The van der Waals surface area contributed by atoms with Crippen LogP contribution in [0.3, 0.4) is 0 Å². The number of methoxy groups -OCH3 is 1. The number of allylic oxidation sites excluding steroid dienone is 1. The van der Waals surface area contributed by atoms with E-state index >= 15 is 0 Å². The fourth-order valence-corrected chi connectivity index (χ4v) is 4.34. The van der Waals surface area contributed by atoms with Crippen molar-refractivity contribution in [3.05, 3.63) is 106 Å². The molecule has 0 amide bonds. The number of ether oxygens (including phenoxy) is 3. The molecule has 5 rings (SSSR count). The summed E-state index contributed by atoms with van der Waals surface area (Å²) in [6, 6.07) is 16.9. The zero-order valence-electron chi connectivity index (χ0n) is 24.2. The molecule has 5 heteroatoms. The first-order valence-corrected chi connectivity index (χ1v) is 13.3. The van der Waals surface area contributed by atoms with Crippen molar-refractivity contribution < 1.29 is 23.8 Å². The number of fused-ring (bicyclic) bond motifs is 2. The molecule has 3 aromatic rings. The van der Waals surface area contributed by atoms with Crippen molar-refractivity contribution in [2.75, 3.05) is 7.11 Å². The fraction of sp³-hybridized carbons (Fsp3) is 0.257. The molecule has 0 unspecified atom stereocenters. The van der Waals surface area contributed by atoms with E-state index in [0.717, 1.165) is 45.1 Å². The SMILES string of the molecule is CC(=O)c1ccc2c(c1)C=CC(C)(C)O2.COc1cc(/C=C/C(=O)c2ccc3c(c2)C=CC(C)(C)O3)ccc1C. The summed E-state index contributed by atoms with van der Waals surface area (Å²) in [6.07, 6.45) is 11.4. The summed E-state index contributed by atoms with van der Waals surface area (Å²) in [5.74, 6) is 2.49. The van der Waals surface area contributed by atoms with E-state index in [-0.39, 0.29) is 22.8 Å². The molecule has 2 aliphatic rings. The van der Waals surface area contributed by atoms with Gasteiger partial charge in [-0.25, -0.2) is 0 Å². The van der Waals surface area contributed by atoms with Crippen LogP contribution in [0, 0.1) is 6.92 Å². The van der Waals surface area contributed by atoms with Crippen LogP contribution >= 0.6 is 0 Å². The number of Topliss-reactive ketones (excluding diaryl/α,β-unsaturated/α-hetero) is 1. The Labute approximate surface area is 236 Å². The molecule has 40 heavy (non-hydrogen) atoms. The lowest BCUT2D eigenvalue weighted by molar-refractivity contribution is 0.101. The van der Waals surface area contributed by atoms with Crippen molar-refractivity contribution in [1.82, 2.24) is 0 Å². The Hall–Kier alpha value is -4.38. The Morgan fingerprint density at radius 2 is 1.32 bits per heavy atom. The minimum Gasteiger partial charge on any atom is -0.496 e. The molecule has 0 fully saturated rings. The number of hydrogen-bond donors (Lipinski definition) is 0. The lowest BCUT2D eigenvalue weighted by Crippen LogP contribution is -2.27. The summed E-state index contributed by atoms with van der Waals surface area (Å²) < 4.78 is 17.0. The highest BCUT2D eigenvalue weighted by atomic mass is 16.5. The number of carbonyl (C=O) groups excluding carboxylic acids is 2. The summed E-state index contributed by atoms with van der Waals surface area (Å²) >= 11 is 0. The van der Waals surface area contributed by atoms with E-state index in [9.17, 15) is 9.59 Å². The van der Waals surface area contributed by atoms with E-state index in [0.29, 0.717) is 5.56 Å². The van der Waals surface area contributed by atoms with Crippen LogP contribution in [0.2, 0.25) is 0 Å². The molecule has 0 N–H and O–H groups in total. The molecule has 0 atom stereocenters. The van der Waals surface area contributed by atoms with Crippen molar-refractivity contribution in [2.24, 2.45) is 0 Å². The van der Waals surface area contributed by atoms with Gasteiger partial charge in [0.1, 0.15) is 28.5 Å². The van der Waals surface area contributed by atoms with Gasteiger partial charge in [0.2, 0.25) is 0 Å². The van der Waals surface area contributed by atoms with E-state index in [2.05, 4.69) is 0 Å². The predicted molar refractivity (Wildman–Crippen MR) is 161 cm³/mol. The third kappa shape index (κ3) is 6.97. The van der Waals surface area contributed by atoms with Crippen molar-refractivity contribution in [2.45, 2.75) is 52.7 Å². The quantitative estimate of drug-likeness (QED) is 0.243. The van der Waals surface area contributed by atoms with E-state index < -0.39 is 0 Å². The Bertz CT molecular complexity index is 1540. The van der Waals surface area contributed by atoms with Gasteiger partial charge in [0.05, 0.1) is 7.11 Å². The smallest absolute Gasteiger partial charge is 0.185 e. The molecule has 0 saturated heterocycles. The molecular formula is C35H36O5. The van der Waals surface area contributed by atoms with Gasteiger partial charge in [0, 0.05) is 22.3 Å². The van der Waals surface area contributed by atoms with Crippen LogP contribution in [-0.2, 0) is 0 Å². The largest absolute Gasteiger partial charge is 0.496 e. The highest BCUT2D eigenvalue weighted by Gasteiger charge is 2.23. The minimum atomic E-state index is -0.317. The number of benzene rings is 3. The van der Waals surface area contributed by atoms with Crippen molar-refractivity contribution in [3.63, 3.8) is 0 Å². The van der Waals surface area contributed by atoms with Crippen LogP contribution in [0.25, 0.3) is 18.2 Å². The van der Waals surface area contributed by atoms with Crippen molar-refractivity contribution in [1.29, 1.82) is 0 Å². The monoisotopic (exact) mass is 536 g/mol. The molecule has 0 bridgehead atoms. The molecule has 0 spiro atoms. The van der Waals surface area contributed by atoms with Crippen LogP contribution in [0.4, 0.5) is 0 Å². The van der Waals surface area contributed by atoms with Crippen LogP contribution in [0.15, 0.2) is 72.8 Å². The average Bonchev–Trinajstić information content (AvgIpc) is 2.91. The third-order valence-corrected chi connectivity index (χ3v) is 6.64. The van der Waals surface area contributed by atoms with Gasteiger partial charge in [-0.1, -0.05) is 30.4 Å². The van der Waals surface area contributed by atoms with Gasteiger partial charge < -0.3 is 14.2 Å². The lowest BCUT2D eigenvalue weighted by atomic mass is 9.99. The second-order valence-electron chi connectivity index (χ2n) is 11.1. The first-order chi connectivity index (χ1) is 18.9. The summed E-state index contributed by atoms with van der Waals surface area (Å²) in [4.78, 5) is 23.7. The second-order valence-corrected chi connectivity index (χ2v) is 11.1. The molecule has 3 aromatic carbocycles. The molecule has 2 heterocycles. The molecule has 0 saturated carbocycles. The molecule has 206 valence electrons. The minimum absolute atomic E-state index is 0.0411. The van der Waals surface area contributed by atoms with Gasteiger partial charge in [0.15, 0.2) is 11.6 Å². The number of ketones is 2. The maximum absolute atomic E-state index is 12.5. The van der Waals surface area contributed by atoms with Crippen LogP contribution in [-0.4, -0.2) is 29.9 Å². The molecule has 0 aliphatic carbocycles. The number of rotatable bonds is 5. The summed E-state index contributed by atoms with van der Waals surface area (Å²) in [5, 5.41) is 0. The first kappa shape index (κ1) is 28.6. The van der Waals surface area contributed by atoms with E-state index in [1.807, 2.05) is 101 Å². The summed E-state index contributed by atoms with van der Waals surface area (Å²) in [5.41, 5.74) is 4.68. The summed E-state index contributed by atoms with van der Waals surface area (Å²) in [6.45, 7) is 11.6. The fourth-order valence-electron chi connectivity index (χ4n) is 4.34. The highest BCUT2D eigenvalue weighted by molar-refractivity contribution is 6.07. The van der Waals surface area contributed by atoms with E-state index in [1.165, 1.54) is 0 Å². The third-order valence-electron chi connectivity index (χ3n) is 6.64. The van der Waals surface area contributed by atoms with Crippen LogP contribution in [0.5, 0.6) is 17.2 Å². The van der Waals surface area contributed by atoms with Gasteiger partial charge in [0.25, 0.3) is 0 Å². The maximum atomic E-state index is 12.5. The van der Waals surface area contributed by atoms with Crippen molar-refractivity contribution in [3.8, 4) is 17.2 Å². The summed E-state index contributed by atoms with van der Waals surface area (Å²) in [7, 11) is 1.64. The zero-order valence-corrected chi connectivity index (χ0v) is 24.2. The number of hydrogen-bond acceptors (Lipinski definition) is 5. The van der Waals surface area contributed by atoms with Crippen LogP contribution < -0.4 is 14.2 Å². The molecule has 0 radical (unpaired) electrons. The number of aryl methyl sites for hydroxylation is 1. The Morgan fingerprint density at radius 3 is 1.88 bits per heavy atom. The van der Waals surface area contributed by atoms with Gasteiger partial charge in [-0.15, -0.1) is 0 Å². The van der Waals surface area contributed by atoms with E-state index in [1.54, 1.807) is 38.3 Å². The Kier molecular flexibility index (Phi) is 8.15. The first-order valence-electron chi connectivity index (χ1n) is 13.3. The molecule has 0 aromatic heterocycles. The normalized spacial score (nSPS) is 15.6. The number of carbonyl (C=O) groups is 2. The Morgan fingerprint density at radius 1 is 0.775 bits per heavy atom. The highest BCUT2D eigenvalue weighted by Crippen LogP contribution is 2.32. The lowest BCUT2D eigenvalue weighted by Gasteiger charge is -2.27. The predicted octanol–water partition coefficient (Wildman–Crippen LogP) is 8.16. The van der Waals surface area contributed by atoms with Crippen molar-refractivity contribution >= 4 is 29.8 Å². The van der Waals surface area contributed by atoms with Gasteiger partial charge >= 0.3 is 0 Å². The molecule has 5 nitrogen and oxygen atoms in total. The van der Waals surface area contributed by atoms with Gasteiger partial charge in [-0.2, -0.15) is 0 Å². The molecule has 2 aliphatic heterocycles. The second kappa shape index (κ2) is 11.4. The van der Waals surface area contributed by atoms with Gasteiger partial charge in [-0.05, 0) is 113 Å². The van der Waals surface area contributed by atoms with Crippen LogP contribution in [0.1, 0.15) is 77.6 Å². The zero-order chi connectivity index (χ0) is 29.1. The van der Waals surface area contributed by atoms with E-state index in [4.69, 9.17) is 14.2 Å².